The second-order valence-electron chi connectivity index (χ2n) is 8.53. The van der Waals surface area contributed by atoms with E-state index in [2.05, 4.69) is 35.2 Å². The van der Waals surface area contributed by atoms with Crippen LogP contribution in [0.3, 0.4) is 0 Å². The number of hydrogen-bond acceptors (Lipinski definition) is 4. The molecule has 1 aliphatic carbocycles. The van der Waals surface area contributed by atoms with Crippen molar-refractivity contribution in [2.75, 3.05) is 32.9 Å². The van der Waals surface area contributed by atoms with E-state index in [1.807, 2.05) is 0 Å². The predicted octanol–water partition coefficient (Wildman–Crippen LogP) is 4.13. The molecule has 1 atom stereocenters. The van der Waals surface area contributed by atoms with Gasteiger partial charge in [-0.1, -0.05) is 30.3 Å². The van der Waals surface area contributed by atoms with Crippen molar-refractivity contribution in [3.8, 4) is 5.75 Å². The van der Waals surface area contributed by atoms with Crippen LogP contribution in [0.25, 0.3) is 0 Å². The lowest BCUT2D eigenvalue weighted by molar-refractivity contribution is -0.0683. The summed E-state index contributed by atoms with van der Waals surface area (Å²) in [4.78, 5) is 2.31. The van der Waals surface area contributed by atoms with Crippen LogP contribution in [-0.4, -0.2) is 54.6 Å². The van der Waals surface area contributed by atoms with E-state index < -0.39 is 17.2 Å². The molecule has 0 bridgehead atoms. The lowest BCUT2D eigenvalue weighted by Gasteiger charge is -2.39. The van der Waals surface area contributed by atoms with Gasteiger partial charge in [-0.05, 0) is 49.3 Å². The molecule has 1 heterocycles. The van der Waals surface area contributed by atoms with Crippen molar-refractivity contribution in [3.05, 3.63) is 65.7 Å². The van der Waals surface area contributed by atoms with Crippen LogP contribution < -0.4 is 4.74 Å². The van der Waals surface area contributed by atoms with Gasteiger partial charge in [-0.15, -0.1) is 0 Å². The van der Waals surface area contributed by atoms with E-state index in [-0.39, 0.29) is 19.0 Å². The quantitative estimate of drug-likeness (QED) is 0.794. The third-order valence-electron chi connectivity index (χ3n) is 6.27. The summed E-state index contributed by atoms with van der Waals surface area (Å²) in [6, 6.07) is 14.5. The molecular weight excluding hydrogens is 388 g/mol. The van der Waals surface area contributed by atoms with E-state index in [4.69, 9.17) is 9.47 Å². The maximum absolute atomic E-state index is 13.4. The summed E-state index contributed by atoms with van der Waals surface area (Å²) in [6.45, 7) is 1.90. The maximum atomic E-state index is 13.4. The number of ether oxygens (including phenoxy) is 2. The molecule has 1 saturated carbocycles. The van der Waals surface area contributed by atoms with Gasteiger partial charge in [0.25, 0.3) is 0 Å². The summed E-state index contributed by atoms with van der Waals surface area (Å²) >= 11 is 0. The van der Waals surface area contributed by atoms with Gasteiger partial charge in [-0.3, -0.25) is 4.90 Å². The molecule has 1 saturated heterocycles. The Morgan fingerprint density at radius 2 is 1.80 bits per heavy atom. The molecule has 162 valence electrons. The molecule has 1 N–H and O–H groups in total. The van der Waals surface area contributed by atoms with Crippen LogP contribution in [0.15, 0.2) is 48.5 Å². The molecule has 4 nitrogen and oxygen atoms in total. The minimum atomic E-state index is -1.20. The van der Waals surface area contributed by atoms with Crippen LogP contribution in [0.4, 0.5) is 8.78 Å². The molecule has 0 spiro atoms. The fourth-order valence-corrected chi connectivity index (χ4v) is 4.63. The molecule has 0 radical (unpaired) electrons. The monoisotopic (exact) mass is 417 g/mol. The Balaban J connectivity index is 1.34. The van der Waals surface area contributed by atoms with Crippen LogP contribution in [0.5, 0.6) is 5.75 Å². The van der Waals surface area contributed by atoms with E-state index in [1.165, 1.54) is 11.6 Å². The predicted molar refractivity (Wildman–Crippen MR) is 111 cm³/mol. The van der Waals surface area contributed by atoms with Crippen LogP contribution in [0.1, 0.15) is 37.2 Å². The topological polar surface area (TPSA) is 41.9 Å². The van der Waals surface area contributed by atoms with Gasteiger partial charge in [0.1, 0.15) is 18.0 Å². The van der Waals surface area contributed by atoms with Gasteiger partial charge in [0.2, 0.25) is 0 Å². The summed E-state index contributed by atoms with van der Waals surface area (Å²) in [5.41, 5.74) is 0.212. The molecule has 2 fully saturated rings. The zero-order valence-electron chi connectivity index (χ0n) is 17.1. The van der Waals surface area contributed by atoms with Crippen molar-refractivity contribution < 1.29 is 23.4 Å². The van der Waals surface area contributed by atoms with E-state index in [1.54, 1.807) is 0 Å². The summed E-state index contributed by atoms with van der Waals surface area (Å²) in [5.74, 6) is -1.09. The first kappa shape index (κ1) is 21.2. The Hall–Kier alpha value is -2.02. The summed E-state index contributed by atoms with van der Waals surface area (Å²) in [6.07, 6.45) is 4.44. The van der Waals surface area contributed by atoms with Gasteiger partial charge in [0.15, 0.2) is 11.6 Å². The van der Waals surface area contributed by atoms with Crippen molar-refractivity contribution >= 4 is 0 Å². The number of hydrogen-bond donors (Lipinski definition) is 1. The summed E-state index contributed by atoms with van der Waals surface area (Å²) in [7, 11) is 0. The number of benzene rings is 2. The average molecular weight is 417 g/mol. The fourth-order valence-electron chi connectivity index (χ4n) is 4.63. The van der Waals surface area contributed by atoms with Crippen molar-refractivity contribution in [1.82, 2.24) is 4.90 Å². The van der Waals surface area contributed by atoms with Crippen molar-refractivity contribution in [3.63, 3.8) is 0 Å². The van der Waals surface area contributed by atoms with Crippen molar-refractivity contribution in [1.29, 1.82) is 0 Å². The highest BCUT2D eigenvalue weighted by Crippen LogP contribution is 2.35. The SMILES string of the molecule is O[C@@]1(COc2ccc(F)c(F)c2)COCCN(C2CCC(c3ccccc3)CC2)C1. The molecule has 4 rings (SSSR count). The van der Waals surface area contributed by atoms with Gasteiger partial charge in [0, 0.05) is 25.2 Å². The number of β-amino-alcohol motifs (C(OH)–C–C–N with tert-alkyl or cyclic N) is 1. The Bertz CT molecular complexity index is 826. The highest BCUT2D eigenvalue weighted by molar-refractivity contribution is 5.24. The first-order valence-electron chi connectivity index (χ1n) is 10.7. The number of halogens is 2. The van der Waals surface area contributed by atoms with Crippen LogP contribution in [0.2, 0.25) is 0 Å². The van der Waals surface area contributed by atoms with E-state index in [9.17, 15) is 13.9 Å². The maximum Gasteiger partial charge on any atom is 0.162 e. The zero-order valence-corrected chi connectivity index (χ0v) is 17.1. The van der Waals surface area contributed by atoms with Crippen molar-refractivity contribution in [2.24, 2.45) is 0 Å². The molecule has 0 unspecified atom stereocenters. The first-order chi connectivity index (χ1) is 14.5. The number of nitrogens with zero attached hydrogens (tertiary/aromatic N) is 1. The Morgan fingerprint density at radius 3 is 2.53 bits per heavy atom. The standard InChI is InChI=1S/C24H29F2NO3/c25-22-11-10-21(14-23(22)26)30-17-24(28)15-27(12-13-29-16-24)20-8-6-19(7-9-20)18-4-2-1-3-5-18/h1-5,10-11,14,19-20,28H,6-9,12-13,15-17H2/t19?,20?,24-/m1/s1. The largest absolute Gasteiger partial charge is 0.490 e. The fraction of sp³-hybridized carbons (Fsp3) is 0.500. The summed E-state index contributed by atoms with van der Waals surface area (Å²) < 4.78 is 37.8. The molecule has 0 aromatic heterocycles. The van der Waals surface area contributed by atoms with Crippen molar-refractivity contribution in [2.45, 2.75) is 43.2 Å². The van der Waals surface area contributed by atoms with Gasteiger partial charge in [-0.2, -0.15) is 0 Å². The lowest BCUT2D eigenvalue weighted by Crippen LogP contribution is -2.52. The van der Waals surface area contributed by atoms with Gasteiger partial charge in [-0.25, -0.2) is 8.78 Å². The molecule has 2 aliphatic rings. The third kappa shape index (κ3) is 5.17. The molecular formula is C24H29F2NO3. The van der Waals surface area contributed by atoms with Crippen LogP contribution in [-0.2, 0) is 4.74 Å². The zero-order chi connectivity index (χ0) is 21.0. The molecule has 30 heavy (non-hydrogen) atoms. The molecule has 1 aliphatic heterocycles. The summed E-state index contributed by atoms with van der Waals surface area (Å²) in [5, 5.41) is 11.1. The third-order valence-corrected chi connectivity index (χ3v) is 6.27. The molecule has 6 heteroatoms. The molecule has 2 aromatic rings. The smallest absolute Gasteiger partial charge is 0.162 e. The molecule has 0 amide bonds. The number of rotatable bonds is 5. The normalized spacial score (nSPS) is 28.1. The average Bonchev–Trinajstić information content (AvgIpc) is 2.97. The van der Waals surface area contributed by atoms with Gasteiger partial charge < -0.3 is 14.6 Å². The highest BCUT2D eigenvalue weighted by atomic mass is 19.2. The minimum absolute atomic E-state index is 0.0338. The lowest BCUT2D eigenvalue weighted by atomic mass is 9.81. The Labute approximate surface area is 176 Å². The molecule has 2 aromatic carbocycles. The Kier molecular flexibility index (Phi) is 6.66. The van der Waals surface area contributed by atoms with Crippen LogP contribution in [0, 0.1) is 11.6 Å². The van der Waals surface area contributed by atoms with E-state index in [0.717, 1.165) is 44.4 Å². The van der Waals surface area contributed by atoms with Gasteiger partial charge in [0.05, 0.1) is 13.2 Å². The van der Waals surface area contributed by atoms with E-state index in [0.29, 0.717) is 25.1 Å². The first-order valence-corrected chi connectivity index (χ1v) is 10.7. The second-order valence-corrected chi connectivity index (χ2v) is 8.53. The van der Waals surface area contributed by atoms with Crippen LogP contribution >= 0.6 is 0 Å². The highest BCUT2D eigenvalue weighted by Gasteiger charge is 2.37. The van der Waals surface area contributed by atoms with Gasteiger partial charge >= 0.3 is 0 Å². The second kappa shape index (κ2) is 9.41. The van der Waals surface area contributed by atoms with E-state index >= 15 is 0 Å². The Morgan fingerprint density at radius 1 is 1.03 bits per heavy atom. The number of aliphatic hydroxyl groups is 1. The minimum Gasteiger partial charge on any atom is -0.490 e.